The second-order valence-electron chi connectivity index (χ2n) is 5.70. The van der Waals surface area contributed by atoms with Gasteiger partial charge in [0.15, 0.2) is 5.58 Å². The Morgan fingerprint density at radius 3 is 2.62 bits per heavy atom. The first kappa shape index (κ1) is 16.4. The van der Waals surface area contributed by atoms with E-state index in [0.717, 1.165) is 23.2 Å². The summed E-state index contributed by atoms with van der Waals surface area (Å²) in [5.74, 6) is 0.995. The Balaban J connectivity index is 1.91. The Bertz CT molecular complexity index is 549. The first-order valence-electron chi connectivity index (χ1n) is 8.11. The van der Waals surface area contributed by atoms with Crippen molar-refractivity contribution in [2.75, 3.05) is 7.05 Å². The van der Waals surface area contributed by atoms with Crippen LogP contribution >= 0.6 is 11.6 Å². The summed E-state index contributed by atoms with van der Waals surface area (Å²) in [4.78, 5) is 0. The minimum Gasteiger partial charge on any atom is -0.458 e. The Morgan fingerprint density at radius 1 is 1.14 bits per heavy atom. The number of hydrogen-bond acceptors (Lipinski definition) is 2. The maximum absolute atomic E-state index is 6.18. The molecule has 21 heavy (non-hydrogen) atoms. The van der Waals surface area contributed by atoms with E-state index in [9.17, 15) is 0 Å². The standard InChI is InChI=1S/C18H26ClNO/c1-3-4-5-6-7-8-12-16(20-2)17-13-14-10-9-11-15(19)18(14)21-17/h9-11,13,16,20H,3-8,12H2,1-2H3. The van der Waals surface area contributed by atoms with Gasteiger partial charge in [0.1, 0.15) is 5.76 Å². The fraction of sp³-hybridized carbons (Fsp3) is 0.556. The lowest BCUT2D eigenvalue weighted by molar-refractivity contribution is 0.416. The highest BCUT2D eigenvalue weighted by atomic mass is 35.5. The molecule has 0 bridgehead atoms. The lowest BCUT2D eigenvalue weighted by atomic mass is 10.0. The molecule has 0 saturated heterocycles. The Hall–Kier alpha value is -0.990. The summed E-state index contributed by atoms with van der Waals surface area (Å²) in [6, 6.07) is 8.27. The van der Waals surface area contributed by atoms with E-state index in [4.69, 9.17) is 16.0 Å². The van der Waals surface area contributed by atoms with Gasteiger partial charge in [-0.05, 0) is 25.6 Å². The molecule has 0 radical (unpaired) electrons. The van der Waals surface area contributed by atoms with Crippen LogP contribution in [-0.2, 0) is 0 Å². The van der Waals surface area contributed by atoms with Crippen LogP contribution in [0.25, 0.3) is 11.0 Å². The summed E-state index contributed by atoms with van der Waals surface area (Å²) in [7, 11) is 2.00. The Morgan fingerprint density at radius 2 is 1.90 bits per heavy atom. The van der Waals surface area contributed by atoms with Crippen molar-refractivity contribution in [3.8, 4) is 0 Å². The molecule has 1 atom stereocenters. The normalized spacial score (nSPS) is 12.9. The SMILES string of the molecule is CCCCCCCCC(NC)c1cc2cccc(Cl)c2o1. The van der Waals surface area contributed by atoms with Crippen molar-refractivity contribution in [1.82, 2.24) is 5.32 Å². The smallest absolute Gasteiger partial charge is 0.152 e. The first-order valence-corrected chi connectivity index (χ1v) is 8.49. The van der Waals surface area contributed by atoms with Gasteiger partial charge in [0.2, 0.25) is 0 Å². The van der Waals surface area contributed by atoms with Crippen molar-refractivity contribution in [2.24, 2.45) is 0 Å². The number of fused-ring (bicyclic) bond motifs is 1. The summed E-state index contributed by atoms with van der Waals surface area (Å²) in [6.45, 7) is 2.25. The number of furan rings is 1. The molecule has 2 aromatic rings. The van der Waals surface area contributed by atoms with Crippen molar-refractivity contribution in [3.63, 3.8) is 0 Å². The molecule has 1 N–H and O–H groups in total. The highest BCUT2D eigenvalue weighted by Crippen LogP contribution is 2.31. The number of unbranched alkanes of at least 4 members (excludes halogenated alkanes) is 5. The van der Waals surface area contributed by atoms with Crippen LogP contribution in [-0.4, -0.2) is 7.05 Å². The van der Waals surface area contributed by atoms with Crippen LogP contribution in [0.3, 0.4) is 0 Å². The molecule has 0 aliphatic heterocycles. The summed E-state index contributed by atoms with van der Waals surface area (Å²) >= 11 is 6.18. The average Bonchev–Trinajstić information content (AvgIpc) is 2.92. The zero-order valence-electron chi connectivity index (χ0n) is 13.1. The van der Waals surface area contributed by atoms with E-state index in [2.05, 4.69) is 18.3 Å². The third-order valence-electron chi connectivity index (χ3n) is 4.05. The van der Waals surface area contributed by atoms with Gasteiger partial charge in [-0.3, -0.25) is 0 Å². The van der Waals surface area contributed by atoms with E-state index < -0.39 is 0 Å². The molecule has 1 heterocycles. The van der Waals surface area contributed by atoms with Gasteiger partial charge in [-0.1, -0.05) is 69.2 Å². The van der Waals surface area contributed by atoms with E-state index in [1.807, 2.05) is 25.2 Å². The number of rotatable bonds is 9. The molecule has 0 aliphatic carbocycles. The summed E-state index contributed by atoms with van der Waals surface area (Å²) in [6.07, 6.45) is 9.02. The van der Waals surface area contributed by atoms with Gasteiger partial charge in [-0.2, -0.15) is 0 Å². The number of nitrogens with one attached hydrogen (secondary N) is 1. The molecule has 0 amide bonds. The van der Waals surface area contributed by atoms with E-state index in [0.29, 0.717) is 5.02 Å². The molecular weight excluding hydrogens is 282 g/mol. The van der Waals surface area contributed by atoms with Crippen molar-refractivity contribution in [1.29, 1.82) is 0 Å². The van der Waals surface area contributed by atoms with Gasteiger partial charge in [-0.15, -0.1) is 0 Å². The van der Waals surface area contributed by atoms with E-state index in [-0.39, 0.29) is 6.04 Å². The van der Waals surface area contributed by atoms with Gasteiger partial charge >= 0.3 is 0 Å². The molecule has 0 fully saturated rings. The number of benzene rings is 1. The third kappa shape index (κ3) is 4.49. The maximum atomic E-state index is 6.18. The highest BCUT2D eigenvalue weighted by molar-refractivity contribution is 6.34. The topological polar surface area (TPSA) is 25.2 Å². The van der Waals surface area contributed by atoms with Gasteiger partial charge in [0.05, 0.1) is 11.1 Å². The number of para-hydroxylation sites is 1. The zero-order chi connectivity index (χ0) is 15.1. The number of halogens is 1. The Kier molecular flexibility index (Phi) is 6.59. The monoisotopic (exact) mass is 307 g/mol. The molecule has 3 heteroatoms. The maximum Gasteiger partial charge on any atom is 0.152 e. The summed E-state index contributed by atoms with van der Waals surface area (Å²) in [5.41, 5.74) is 0.803. The first-order chi connectivity index (χ1) is 10.3. The number of hydrogen-bond donors (Lipinski definition) is 1. The van der Waals surface area contributed by atoms with Crippen LogP contribution in [0.1, 0.15) is 63.7 Å². The van der Waals surface area contributed by atoms with Crippen LogP contribution in [0.5, 0.6) is 0 Å². The van der Waals surface area contributed by atoms with Crippen molar-refractivity contribution in [2.45, 2.75) is 57.9 Å². The Labute approximate surface area is 132 Å². The average molecular weight is 308 g/mol. The molecule has 0 saturated carbocycles. The van der Waals surface area contributed by atoms with Crippen molar-refractivity contribution < 1.29 is 4.42 Å². The molecule has 0 spiro atoms. The van der Waals surface area contributed by atoms with E-state index in [1.165, 1.54) is 38.5 Å². The second-order valence-corrected chi connectivity index (χ2v) is 6.11. The lowest BCUT2D eigenvalue weighted by Gasteiger charge is -2.13. The van der Waals surface area contributed by atoms with Gasteiger partial charge in [0.25, 0.3) is 0 Å². The van der Waals surface area contributed by atoms with Crippen LogP contribution in [0.2, 0.25) is 5.02 Å². The van der Waals surface area contributed by atoms with E-state index in [1.54, 1.807) is 0 Å². The van der Waals surface area contributed by atoms with Crippen LogP contribution in [0, 0.1) is 0 Å². The second kappa shape index (κ2) is 8.45. The van der Waals surface area contributed by atoms with Crippen molar-refractivity contribution >= 4 is 22.6 Å². The van der Waals surface area contributed by atoms with Crippen LogP contribution in [0.4, 0.5) is 0 Å². The summed E-state index contributed by atoms with van der Waals surface area (Å²) in [5, 5.41) is 5.14. The largest absolute Gasteiger partial charge is 0.458 e. The van der Waals surface area contributed by atoms with E-state index >= 15 is 0 Å². The molecule has 2 rings (SSSR count). The predicted molar refractivity (Wildman–Crippen MR) is 91.0 cm³/mol. The quantitative estimate of drug-likeness (QED) is 0.566. The molecule has 2 nitrogen and oxygen atoms in total. The minimum atomic E-state index is 0.277. The van der Waals surface area contributed by atoms with Gasteiger partial charge in [0, 0.05) is 5.39 Å². The molecule has 1 unspecified atom stereocenters. The molecule has 116 valence electrons. The molecule has 0 aliphatic rings. The van der Waals surface area contributed by atoms with Gasteiger partial charge < -0.3 is 9.73 Å². The summed E-state index contributed by atoms with van der Waals surface area (Å²) < 4.78 is 5.95. The third-order valence-corrected chi connectivity index (χ3v) is 4.35. The van der Waals surface area contributed by atoms with Crippen molar-refractivity contribution in [3.05, 3.63) is 35.0 Å². The van der Waals surface area contributed by atoms with Crippen LogP contribution in [0.15, 0.2) is 28.7 Å². The fourth-order valence-electron chi connectivity index (χ4n) is 2.78. The predicted octanol–water partition coefficient (Wildman–Crippen LogP) is 6.10. The van der Waals surface area contributed by atoms with Gasteiger partial charge in [-0.25, -0.2) is 0 Å². The zero-order valence-corrected chi connectivity index (χ0v) is 13.9. The molecule has 1 aromatic carbocycles. The molecule has 1 aromatic heterocycles. The minimum absolute atomic E-state index is 0.277. The highest BCUT2D eigenvalue weighted by Gasteiger charge is 2.15. The van der Waals surface area contributed by atoms with Crippen LogP contribution < -0.4 is 5.32 Å². The molecular formula is C18H26ClNO. The fourth-order valence-corrected chi connectivity index (χ4v) is 3.00. The lowest BCUT2D eigenvalue weighted by Crippen LogP contribution is -2.15.